The topological polar surface area (TPSA) is 94.1 Å². The Balaban J connectivity index is 1.72. The van der Waals surface area contributed by atoms with Crippen molar-refractivity contribution < 1.29 is 14.4 Å². The summed E-state index contributed by atoms with van der Waals surface area (Å²) >= 11 is 11.6. The number of hydrogen-bond acceptors (Lipinski definition) is 6. The monoisotopic (exact) mass is 469 g/mol. The first kappa shape index (κ1) is 21.9. The van der Waals surface area contributed by atoms with Crippen LogP contribution in [0.1, 0.15) is 17.3 Å². The van der Waals surface area contributed by atoms with Crippen molar-refractivity contribution in [3.63, 3.8) is 0 Å². The Bertz CT molecular complexity index is 1120. The summed E-state index contributed by atoms with van der Waals surface area (Å²) in [6.07, 6.45) is 0. The largest absolute Gasteiger partial charge is 0.372 e. The molecule has 0 saturated carbocycles. The number of nitrogens with one attached hydrogen (secondary N) is 2. The summed E-state index contributed by atoms with van der Waals surface area (Å²) in [7, 11) is 0. The molecule has 2 aromatic rings. The minimum atomic E-state index is -1.13. The standard InChI is InChI=1S/C22H20ClN5O3S/c1-13(18-24-11-12-25-18)17-20(30)27(14-7-3-2-4-8-14)22(32)28(21(17)31)26-19(29)15-9-5-6-10-16(15)23/h2-10,13,17H,11-12H2,1H3,(H,24,25)(H,26,29). The molecule has 0 spiro atoms. The molecule has 2 atom stereocenters. The molecule has 2 heterocycles. The number of para-hydroxylation sites is 1. The van der Waals surface area contributed by atoms with Gasteiger partial charge >= 0.3 is 0 Å². The first-order valence-corrected chi connectivity index (χ1v) is 10.8. The molecule has 2 unspecified atom stereocenters. The summed E-state index contributed by atoms with van der Waals surface area (Å²) in [4.78, 5) is 45.4. The Labute approximate surface area is 195 Å². The maximum Gasteiger partial charge on any atom is 0.271 e. The van der Waals surface area contributed by atoms with Crippen molar-refractivity contribution in [3.05, 3.63) is 65.2 Å². The molecule has 0 radical (unpaired) electrons. The van der Waals surface area contributed by atoms with Gasteiger partial charge in [0.15, 0.2) is 0 Å². The van der Waals surface area contributed by atoms with Crippen molar-refractivity contribution in [2.24, 2.45) is 16.8 Å². The van der Waals surface area contributed by atoms with Crippen LogP contribution < -0.4 is 15.6 Å². The second-order valence-corrected chi connectivity index (χ2v) is 8.12. The molecule has 3 amide bonds. The average molecular weight is 470 g/mol. The molecule has 2 aliphatic rings. The third-order valence-electron chi connectivity index (χ3n) is 5.33. The highest BCUT2D eigenvalue weighted by Crippen LogP contribution is 2.29. The summed E-state index contributed by atoms with van der Waals surface area (Å²) in [6.45, 7) is 2.97. The lowest BCUT2D eigenvalue weighted by Crippen LogP contribution is -2.66. The van der Waals surface area contributed by atoms with Crippen molar-refractivity contribution in [3.8, 4) is 0 Å². The van der Waals surface area contributed by atoms with Gasteiger partial charge in [-0.2, -0.15) is 5.01 Å². The molecule has 2 N–H and O–H groups in total. The van der Waals surface area contributed by atoms with Gasteiger partial charge in [-0.15, -0.1) is 0 Å². The Morgan fingerprint density at radius 3 is 2.50 bits per heavy atom. The number of hydrazine groups is 1. The van der Waals surface area contributed by atoms with Gasteiger partial charge in [0.1, 0.15) is 11.8 Å². The van der Waals surface area contributed by atoms with E-state index < -0.39 is 29.6 Å². The molecule has 0 aromatic heterocycles. The number of carbonyl (C=O) groups excluding carboxylic acids is 3. The van der Waals surface area contributed by atoms with Gasteiger partial charge in [0.25, 0.3) is 11.8 Å². The van der Waals surface area contributed by atoms with E-state index in [1.54, 1.807) is 55.5 Å². The summed E-state index contributed by atoms with van der Waals surface area (Å²) in [6, 6.07) is 15.2. The van der Waals surface area contributed by atoms with E-state index in [0.717, 1.165) is 5.01 Å². The quantitative estimate of drug-likeness (QED) is 0.518. The van der Waals surface area contributed by atoms with Crippen LogP contribution in [0.2, 0.25) is 5.02 Å². The zero-order valence-electron chi connectivity index (χ0n) is 17.1. The normalized spacial score (nSPS) is 19.5. The maximum atomic E-state index is 13.5. The SMILES string of the molecule is CC(C1=NCCN1)C1C(=O)N(NC(=O)c2ccccc2Cl)C(=S)N(c2ccccc2)C1=O. The Morgan fingerprint density at radius 1 is 1.16 bits per heavy atom. The third-order valence-corrected chi connectivity index (χ3v) is 6.03. The Kier molecular flexibility index (Phi) is 6.20. The summed E-state index contributed by atoms with van der Waals surface area (Å²) in [5, 5.41) is 4.16. The third kappa shape index (κ3) is 3.96. The molecule has 164 valence electrons. The number of amidine groups is 1. The lowest BCUT2D eigenvalue weighted by molar-refractivity contribution is -0.142. The fourth-order valence-corrected chi connectivity index (χ4v) is 4.26. The van der Waals surface area contributed by atoms with Gasteiger partial charge in [0.05, 0.1) is 22.8 Å². The van der Waals surface area contributed by atoms with Crippen LogP contribution in [-0.4, -0.2) is 46.8 Å². The highest BCUT2D eigenvalue weighted by molar-refractivity contribution is 7.80. The molecule has 10 heteroatoms. The van der Waals surface area contributed by atoms with Gasteiger partial charge in [-0.05, 0) is 36.5 Å². The Hall–Kier alpha value is -3.30. The van der Waals surface area contributed by atoms with Crippen molar-refractivity contribution in [1.29, 1.82) is 0 Å². The zero-order chi connectivity index (χ0) is 22.8. The molecule has 1 saturated heterocycles. The van der Waals surface area contributed by atoms with E-state index in [1.165, 1.54) is 11.0 Å². The molecule has 0 bridgehead atoms. The molecule has 2 aromatic carbocycles. The fourth-order valence-electron chi connectivity index (χ4n) is 3.70. The molecule has 32 heavy (non-hydrogen) atoms. The van der Waals surface area contributed by atoms with Gasteiger partial charge in [-0.25, -0.2) is 0 Å². The number of benzene rings is 2. The fraction of sp³-hybridized carbons (Fsp3) is 0.227. The van der Waals surface area contributed by atoms with Crippen LogP contribution >= 0.6 is 23.8 Å². The van der Waals surface area contributed by atoms with Crippen LogP contribution in [0.5, 0.6) is 0 Å². The number of carbonyl (C=O) groups is 3. The molecule has 8 nitrogen and oxygen atoms in total. The van der Waals surface area contributed by atoms with Crippen molar-refractivity contribution in [2.75, 3.05) is 18.0 Å². The number of rotatable bonds is 5. The van der Waals surface area contributed by atoms with Crippen LogP contribution in [0, 0.1) is 11.8 Å². The molecular weight excluding hydrogens is 450 g/mol. The highest BCUT2D eigenvalue weighted by atomic mass is 35.5. The number of hydrogen-bond donors (Lipinski definition) is 2. The van der Waals surface area contributed by atoms with Gasteiger partial charge in [0, 0.05) is 12.5 Å². The van der Waals surface area contributed by atoms with E-state index in [-0.39, 0.29) is 15.7 Å². The molecule has 4 rings (SSSR count). The van der Waals surface area contributed by atoms with Crippen LogP contribution in [0.25, 0.3) is 0 Å². The second-order valence-electron chi connectivity index (χ2n) is 7.35. The van der Waals surface area contributed by atoms with Crippen LogP contribution in [0.15, 0.2) is 59.6 Å². The maximum absolute atomic E-state index is 13.5. The lowest BCUT2D eigenvalue weighted by atomic mass is 9.89. The smallest absolute Gasteiger partial charge is 0.271 e. The first-order valence-electron chi connectivity index (χ1n) is 10.0. The second kappa shape index (κ2) is 9.05. The summed E-state index contributed by atoms with van der Waals surface area (Å²) in [5.74, 6) is -2.80. The minimum Gasteiger partial charge on any atom is -0.372 e. The number of thiocarbonyl (C=S) groups is 1. The number of aliphatic imine (C=N–C) groups is 1. The Morgan fingerprint density at radius 2 is 1.84 bits per heavy atom. The van der Waals surface area contributed by atoms with E-state index in [0.29, 0.717) is 24.6 Å². The average Bonchev–Trinajstić information content (AvgIpc) is 3.33. The molecule has 0 aliphatic carbocycles. The number of anilines is 1. The van der Waals surface area contributed by atoms with E-state index in [4.69, 9.17) is 23.8 Å². The van der Waals surface area contributed by atoms with Gasteiger partial charge < -0.3 is 5.32 Å². The molecule has 2 aliphatic heterocycles. The highest BCUT2D eigenvalue weighted by Gasteiger charge is 2.49. The predicted octanol–water partition coefficient (Wildman–Crippen LogP) is 2.40. The number of halogens is 1. The van der Waals surface area contributed by atoms with Crippen LogP contribution in [-0.2, 0) is 9.59 Å². The van der Waals surface area contributed by atoms with Crippen molar-refractivity contribution in [2.45, 2.75) is 6.92 Å². The summed E-state index contributed by atoms with van der Waals surface area (Å²) in [5.41, 5.74) is 3.21. The van der Waals surface area contributed by atoms with E-state index in [9.17, 15) is 14.4 Å². The number of amides is 3. The van der Waals surface area contributed by atoms with Gasteiger partial charge in [0.2, 0.25) is 11.0 Å². The lowest BCUT2D eigenvalue weighted by Gasteiger charge is -2.40. The van der Waals surface area contributed by atoms with E-state index in [2.05, 4.69) is 15.7 Å². The van der Waals surface area contributed by atoms with Gasteiger partial charge in [-0.1, -0.05) is 48.9 Å². The zero-order valence-corrected chi connectivity index (χ0v) is 18.7. The van der Waals surface area contributed by atoms with E-state index in [1.807, 2.05) is 0 Å². The van der Waals surface area contributed by atoms with E-state index >= 15 is 0 Å². The van der Waals surface area contributed by atoms with Crippen molar-refractivity contribution >= 4 is 58.2 Å². The number of nitrogens with zero attached hydrogens (tertiary/aromatic N) is 3. The van der Waals surface area contributed by atoms with Crippen LogP contribution in [0.4, 0.5) is 5.69 Å². The summed E-state index contributed by atoms with van der Waals surface area (Å²) < 4.78 is 0. The molecule has 1 fully saturated rings. The van der Waals surface area contributed by atoms with Crippen LogP contribution in [0.3, 0.4) is 0 Å². The minimum absolute atomic E-state index is 0.142. The molecular formula is C22H20ClN5O3S. The van der Waals surface area contributed by atoms with Gasteiger partial charge in [-0.3, -0.25) is 29.7 Å². The first-order chi connectivity index (χ1) is 15.4. The van der Waals surface area contributed by atoms with Crippen molar-refractivity contribution in [1.82, 2.24) is 15.8 Å². The predicted molar refractivity (Wildman–Crippen MR) is 125 cm³/mol.